The lowest BCUT2D eigenvalue weighted by atomic mass is 10.1. The van der Waals surface area contributed by atoms with Crippen molar-refractivity contribution in [2.45, 2.75) is 32.1 Å². The lowest BCUT2D eigenvalue weighted by molar-refractivity contribution is -0.119. The van der Waals surface area contributed by atoms with Crippen LogP contribution in [0.4, 0.5) is 4.39 Å². The van der Waals surface area contributed by atoms with Crippen LogP contribution in [0.15, 0.2) is 42.5 Å². The van der Waals surface area contributed by atoms with E-state index >= 15 is 0 Å². The summed E-state index contributed by atoms with van der Waals surface area (Å²) < 4.78 is 18.6. The maximum Gasteiger partial charge on any atom is 0.230 e. The quantitative estimate of drug-likeness (QED) is 0.752. The van der Waals surface area contributed by atoms with Crippen molar-refractivity contribution in [3.63, 3.8) is 0 Å². The second-order valence-corrected chi connectivity index (χ2v) is 6.82. The number of carbonyl (C=O) groups excluding carboxylic acids is 1. The van der Waals surface area contributed by atoms with E-state index in [1.165, 1.54) is 29.5 Å². The van der Waals surface area contributed by atoms with Crippen molar-refractivity contribution >= 4 is 17.7 Å². The number of ether oxygens (including phenoxy) is 1. The zero-order chi connectivity index (χ0) is 18.2. The SMILES string of the molecule is CCc1ccc(C(C)NC(=O)CSCc2cc(F)ccc2OC)cc1. The molecule has 0 radical (unpaired) electrons. The van der Waals surface area contributed by atoms with Crippen LogP contribution in [-0.2, 0) is 17.0 Å². The predicted molar refractivity (Wildman–Crippen MR) is 101 cm³/mol. The van der Waals surface area contributed by atoms with E-state index in [0.717, 1.165) is 17.5 Å². The molecule has 1 atom stereocenters. The second-order valence-electron chi connectivity index (χ2n) is 5.83. The van der Waals surface area contributed by atoms with Gasteiger partial charge in [0.15, 0.2) is 0 Å². The normalized spacial score (nSPS) is 11.8. The molecule has 3 nitrogen and oxygen atoms in total. The van der Waals surface area contributed by atoms with Crippen molar-refractivity contribution in [2.24, 2.45) is 0 Å². The molecule has 0 aliphatic carbocycles. The monoisotopic (exact) mass is 361 g/mol. The summed E-state index contributed by atoms with van der Waals surface area (Å²) in [5.41, 5.74) is 3.12. The largest absolute Gasteiger partial charge is 0.496 e. The van der Waals surface area contributed by atoms with Gasteiger partial charge >= 0.3 is 0 Å². The first-order chi connectivity index (χ1) is 12.0. The molecule has 25 heavy (non-hydrogen) atoms. The molecule has 0 fully saturated rings. The Hall–Kier alpha value is -2.01. The number of hydrogen-bond donors (Lipinski definition) is 1. The number of halogens is 1. The minimum absolute atomic E-state index is 0.0348. The molecule has 2 rings (SSSR count). The van der Waals surface area contributed by atoms with Crippen LogP contribution in [0.3, 0.4) is 0 Å². The van der Waals surface area contributed by atoms with Crippen molar-refractivity contribution < 1.29 is 13.9 Å². The van der Waals surface area contributed by atoms with E-state index in [0.29, 0.717) is 17.3 Å². The van der Waals surface area contributed by atoms with E-state index in [2.05, 4.69) is 36.5 Å². The van der Waals surface area contributed by atoms with Gasteiger partial charge in [-0.2, -0.15) is 0 Å². The number of hydrogen-bond acceptors (Lipinski definition) is 3. The van der Waals surface area contributed by atoms with Crippen LogP contribution >= 0.6 is 11.8 Å². The number of methoxy groups -OCH3 is 1. The number of aryl methyl sites for hydroxylation is 1. The smallest absolute Gasteiger partial charge is 0.230 e. The summed E-state index contributed by atoms with van der Waals surface area (Å²) in [6.07, 6.45) is 1.00. The molecule has 0 aliphatic rings. The van der Waals surface area contributed by atoms with E-state index in [1.807, 2.05) is 6.92 Å². The number of thioether (sulfide) groups is 1. The highest BCUT2D eigenvalue weighted by Crippen LogP contribution is 2.24. The van der Waals surface area contributed by atoms with Crippen molar-refractivity contribution in [3.05, 3.63) is 65.0 Å². The molecular weight excluding hydrogens is 337 g/mol. The number of carbonyl (C=O) groups is 1. The van der Waals surface area contributed by atoms with Crippen LogP contribution in [0.1, 0.15) is 36.6 Å². The molecule has 0 saturated carbocycles. The Balaban J connectivity index is 1.83. The zero-order valence-electron chi connectivity index (χ0n) is 14.8. The Kier molecular flexibility index (Phi) is 7.31. The summed E-state index contributed by atoms with van der Waals surface area (Å²) in [6, 6.07) is 12.7. The molecule has 1 amide bonds. The van der Waals surface area contributed by atoms with Crippen LogP contribution in [0, 0.1) is 5.82 Å². The molecule has 134 valence electrons. The van der Waals surface area contributed by atoms with Gasteiger partial charge in [0.25, 0.3) is 0 Å². The minimum Gasteiger partial charge on any atom is -0.496 e. The fourth-order valence-electron chi connectivity index (χ4n) is 2.52. The Morgan fingerprint density at radius 1 is 1.24 bits per heavy atom. The van der Waals surface area contributed by atoms with Gasteiger partial charge in [0.2, 0.25) is 5.91 Å². The molecule has 0 heterocycles. The summed E-state index contributed by atoms with van der Waals surface area (Å²) in [5, 5.41) is 2.99. The van der Waals surface area contributed by atoms with Gasteiger partial charge in [0.1, 0.15) is 11.6 Å². The average molecular weight is 361 g/mol. The number of benzene rings is 2. The highest BCUT2D eigenvalue weighted by molar-refractivity contribution is 7.99. The average Bonchev–Trinajstić information content (AvgIpc) is 2.62. The van der Waals surface area contributed by atoms with E-state index in [4.69, 9.17) is 4.74 Å². The van der Waals surface area contributed by atoms with Gasteiger partial charge in [-0.15, -0.1) is 11.8 Å². The number of amides is 1. The fraction of sp³-hybridized carbons (Fsp3) is 0.350. The fourth-order valence-corrected chi connectivity index (χ4v) is 3.34. The maximum absolute atomic E-state index is 13.3. The highest BCUT2D eigenvalue weighted by Gasteiger charge is 2.11. The third-order valence-electron chi connectivity index (χ3n) is 4.00. The van der Waals surface area contributed by atoms with E-state index in [1.54, 1.807) is 13.2 Å². The van der Waals surface area contributed by atoms with Crippen LogP contribution in [0.25, 0.3) is 0 Å². The molecule has 2 aromatic rings. The van der Waals surface area contributed by atoms with Crippen LogP contribution in [0.2, 0.25) is 0 Å². The van der Waals surface area contributed by atoms with Gasteiger partial charge in [-0.25, -0.2) is 4.39 Å². The Morgan fingerprint density at radius 3 is 2.60 bits per heavy atom. The number of nitrogens with one attached hydrogen (secondary N) is 1. The molecule has 0 aromatic heterocycles. The van der Waals surface area contributed by atoms with Crippen molar-refractivity contribution in [1.29, 1.82) is 0 Å². The molecule has 0 spiro atoms. The van der Waals surface area contributed by atoms with Crippen LogP contribution in [-0.4, -0.2) is 18.8 Å². The Bertz CT molecular complexity index is 703. The van der Waals surface area contributed by atoms with Gasteiger partial charge in [-0.1, -0.05) is 31.2 Å². The van der Waals surface area contributed by atoms with Gasteiger partial charge < -0.3 is 10.1 Å². The summed E-state index contributed by atoms with van der Waals surface area (Å²) in [6.45, 7) is 4.09. The summed E-state index contributed by atoms with van der Waals surface area (Å²) in [7, 11) is 1.56. The first-order valence-electron chi connectivity index (χ1n) is 8.31. The van der Waals surface area contributed by atoms with E-state index < -0.39 is 0 Å². The summed E-state index contributed by atoms with van der Waals surface area (Å²) in [5.74, 6) is 1.14. The minimum atomic E-state index is -0.301. The van der Waals surface area contributed by atoms with Crippen molar-refractivity contribution in [1.82, 2.24) is 5.32 Å². The molecule has 0 bridgehead atoms. The first kappa shape index (κ1) is 19.3. The maximum atomic E-state index is 13.3. The summed E-state index contributed by atoms with van der Waals surface area (Å²) in [4.78, 5) is 12.1. The summed E-state index contributed by atoms with van der Waals surface area (Å²) >= 11 is 1.44. The zero-order valence-corrected chi connectivity index (χ0v) is 15.7. The van der Waals surface area contributed by atoms with Gasteiger partial charge in [-0.05, 0) is 42.7 Å². The second kappa shape index (κ2) is 9.47. The Morgan fingerprint density at radius 2 is 1.96 bits per heavy atom. The van der Waals surface area contributed by atoms with Crippen molar-refractivity contribution in [3.8, 4) is 5.75 Å². The van der Waals surface area contributed by atoms with E-state index in [-0.39, 0.29) is 17.8 Å². The van der Waals surface area contributed by atoms with E-state index in [9.17, 15) is 9.18 Å². The molecular formula is C20H24FNO2S. The number of rotatable bonds is 8. The highest BCUT2D eigenvalue weighted by atomic mass is 32.2. The predicted octanol–water partition coefficient (Wildman–Crippen LogP) is 4.51. The van der Waals surface area contributed by atoms with Gasteiger partial charge in [-0.3, -0.25) is 4.79 Å². The molecule has 1 unspecified atom stereocenters. The van der Waals surface area contributed by atoms with Crippen LogP contribution in [0.5, 0.6) is 5.75 Å². The molecule has 0 aliphatic heterocycles. The third kappa shape index (κ3) is 5.78. The lowest BCUT2D eigenvalue weighted by Gasteiger charge is -2.15. The molecule has 2 aromatic carbocycles. The van der Waals surface area contributed by atoms with Crippen molar-refractivity contribution in [2.75, 3.05) is 12.9 Å². The Labute approximate surface area is 153 Å². The topological polar surface area (TPSA) is 38.3 Å². The van der Waals surface area contributed by atoms with Gasteiger partial charge in [0.05, 0.1) is 18.9 Å². The molecule has 1 N–H and O–H groups in total. The van der Waals surface area contributed by atoms with Gasteiger partial charge in [0, 0.05) is 11.3 Å². The lowest BCUT2D eigenvalue weighted by Crippen LogP contribution is -2.28. The molecule has 0 saturated heterocycles. The van der Waals surface area contributed by atoms with Crippen LogP contribution < -0.4 is 10.1 Å². The third-order valence-corrected chi connectivity index (χ3v) is 4.98. The molecule has 5 heteroatoms. The first-order valence-corrected chi connectivity index (χ1v) is 9.47. The standard InChI is InChI=1S/C20H24FNO2S/c1-4-15-5-7-16(8-6-15)14(2)22-20(23)13-25-12-17-11-18(21)9-10-19(17)24-3/h5-11,14H,4,12-13H2,1-3H3,(H,22,23).